The zero-order valence-electron chi connectivity index (χ0n) is 18.0. The molecule has 0 aromatic heterocycles. The lowest BCUT2D eigenvalue weighted by molar-refractivity contribution is 0.282. The van der Waals surface area contributed by atoms with Crippen molar-refractivity contribution in [3.8, 4) is 17.2 Å². The molecule has 0 atom stereocenters. The first kappa shape index (κ1) is 22.7. The molecule has 3 N–H and O–H groups in total. The molecule has 6 heteroatoms. The molecule has 0 saturated carbocycles. The van der Waals surface area contributed by atoms with Crippen LogP contribution in [0.25, 0.3) is 22.9 Å². The molecule has 0 saturated heterocycles. The Morgan fingerprint density at radius 2 is 1.52 bits per heavy atom. The number of nitrogen functional groups attached to an aromatic ring is 1. The second kappa shape index (κ2) is 10.4. The fraction of sp³-hybridized carbons (Fsp3) is 0.240. The first-order valence-corrected chi connectivity index (χ1v) is 11.1. The highest BCUT2D eigenvalue weighted by atomic mass is 79.9. The van der Waals surface area contributed by atoms with Gasteiger partial charge in [-0.15, -0.1) is 0 Å². The summed E-state index contributed by atoms with van der Waals surface area (Å²) in [7, 11) is 0. The van der Waals surface area contributed by atoms with E-state index in [0.29, 0.717) is 36.9 Å². The van der Waals surface area contributed by atoms with Crippen molar-refractivity contribution in [1.29, 1.82) is 5.41 Å². The average molecular weight is 483 g/mol. The number of halogens is 1. The number of hydrogen-bond acceptors (Lipinski definition) is 4. The van der Waals surface area contributed by atoms with E-state index in [9.17, 15) is 0 Å². The molecule has 3 aromatic rings. The Bertz CT molecular complexity index is 1130. The van der Waals surface area contributed by atoms with Gasteiger partial charge in [0.25, 0.3) is 0 Å². The van der Waals surface area contributed by atoms with Gasteiger partial charge in [0.1, 0.15) is 11.6 Å². The van der Waals surface area contributed by atoms with Crippen LogP contribution in [0.3, 0.4) is 0 Å². The predicted molar refractivity (Wildman–Crippen MR) is 132 cm³/mol. The standard InChI is InChI=1S/C25H27BrN2O3/c1-4-29-22-15-24(31-6-3)23(30-5-2)14-18(22)8-7-16-11-17-9-10-19(25(27)28)13-20(17)21(26)12-16/h7-15H,4-6H2,1-3H3,(H3,27,28)/b8-7+. The highest BCUT2D eigenvalue weighted by Gasteiger charge is 2.12. The first-order valence-electron chi connectivity index (χ1n) is 10.3. The molecular weight excluding hydrogens is 456 g/mol. The van der Waals surface area contributed by atoms with Gasteiger partial charge in [-0.3, -0.25) is 5.41 Å². The van der Waals surface area contributed by atoms with Crippen molar-refractivity contribution in [1.82, 2.24) is 0 Å². The fourth-order valence-corrected chi connectivity index (χ4v) is 3.90. The second-order valence-electron chi connectivity index (χ2n) is 6.82. The molecule has 0 spiro atoms. The number of fused-ring (bicyclic) bond motifs is 1. The first-order chi connectivity index (χ1) is 15.0. The minimum Gasteiger partial charge on any atom is -0.493 e. The third kappa shape index (κ3) is 5.39. The summed E-state index contributed by atoms with van der Waals surface area (Å²) in [5.41, 5.74) is 8.27. The number of benzene rings is 3. The highest BCUT2D eigenvalue weighted by Crippen LogP contribution is 2.36. The molecule has 0 amide bonds. The average Bonchev–Trinajstić information content (AvgIpc) is 2.74. The molecule has 162 valence electrons. The van der Waals surface area contributed by atoms with E-state index < -0.39 is 0 Å². The van der Waals surface area contributed by atoms with Crippen LogP contribution in [0.15, 0.2) is 46.9 Å². The van der Waals surface area contributed by atoms with E-state index in [2.05, 4.69) is 22.0 Å². The van der Waals surface area contributed by atoms with E-state index in [1.54, 1.807) is 0 Å². The quantitative estimate of drug-likeness (QED) is 0.214. The zero-order valence-corrected chi connectivity index (χ0v) is 19.6. The van der Waals surface area contributed by atoms with Crippen LogP contribution in [0, 0.1) is 5.41 Å². The van der Waals surface area contributed by atoms with Crippen LogP contribution < -0.4 is 19.9 Å². The van der Waals surface area contributed by atoms with Crippen LogP contribution in [0.1, 0.15) is 37.5 Å². The maximum Gasteiger partial charge on any atom is 0.164 e. The molecule has 3 rings (SSSR count). The molecule has 3 aromatic carbocycles. The molecule has 0 radical (unpaired) electrons. The topological polar surface area (TPSA) is 77.6 Å². The third-order valence-corrected chi connectivity index (χ3v) is 5.32. The Balaban J connectivity index is 2.01. The van der Waals surface area contributed by atoms with Gasteiger partial charge in [0.2, 0.25) is 0 Å². The smallest absolute Gasteiger partial charge is 0.164 e. The normalized spacial score (nSPS) is 11.1. The molecule has 0 fully saturated rings. The van der Waals surface area contributed by atoms with E-state index in [-0.39, 0.29) is 5.84 Å². The molecule has 0 aliphatic heterocycles. The van der Waals surface area contributed by atoms with Crippen molar-refractivity contribution in [3.63, 3.8) is 0 Å². The largest absolute Gasteiger partial charge is 0.493 e. The molecule has 0 unspecified atom stereocenters. The Morgan fingerprint density at radius 3 is 2.16 bits per heavy atom. The number of ether oxygens (including phenoxy) is 3. The van der Waals surface area contributed by atoms with Crippen LogP contribution in [0.2, 0.25) is 0 Å². The summed E-state index contributed by atoms with van der Waals surface area (Å²) in [5.74, 6) is 2.18. The van der Waals surface area contributed by atoms with Crippen molar-refractivity contribution in [3.05, 3.63) is 63.6 Å². The minimum atomic E-state index is 0.0572. The van der Waals surface area contributed by atoms with Crippen LogP contribution >= 0.6 is 15.9 Å². The van der Waals surface area contributed by atoms with Gasteiger partial charge in [-0.2, -0.15) is 0 Å². The molecule has 5 nitrogen and oxygen atoms in total. The summed E-state index contributed by atoms with van der Waals surface area (Å²) >= 11 is 3.65. The lowest BCUT2D eigenvalue weighted by Crippen LogP contribution is -2.10. The maximum atomic E-state index is 7.65. The Labute approximate surface area is 191 Å². The molecule has 0 aliphatic carbocycles. The molecule has 0 aliphatic rings. The van der Waals surface area contributed by atoms with Crippen molar-refractivity contribution in [2.24, 2.45) is 5.73 Å². The van der Waals surface area contributed by atoms with Crippen molar-refractivity contribution >= 4 is 44.7 Å². The van der Waals surface area contributed by atoms with Gasteiger partial charge in [0.05, 0.1) is 19.8 Å². The highest BCUT2D eigenvalue weighted by molar-refractivity contribution is 9.10. The minimum absolute atomic E-state index is 0.0572. The number of nitrogens with one attached hydrogen (secondary N) is 1. The number of amidine groups is 1. The fourth-order valence-electron chi connectivity index (χ4n) is 3.29. The Morgan fingerprint density at radius 1 is 0.871 bits per heavy atom. The van der Waals surface area contributed by atoms with E-state index in [4.69, 9.17) is 25.4 Å². The van der Waals surface area contributed by atoms with E-state index in [0.717, 1.165) is 32.1 Å². The molecule has 0 heterocycles. The van der Waals surface area contributed by atoms with Crippen LogP contribution in [-0.2, 0) is 0 Å². The molecule has 0 bridgehead atoms. The van der Waals surface area contributed by atoms with Crippen molar-refractivity contribution < 1.29 is 14.2 Å². The summed E-state index contributed by atoms with van der Waals surface area (Å²) in [6.45, 7) is 7.52. The van der Waals surface area contributed by atoms with E-state index >= 15 is 0 Å². The van der Waals surface area contributed by atoms with Crippen LogP contribution in [0.5, 0.6) is 17.2 Å². The van der Waals surface area contributed by atoms with Gasteiger partial charge >= 0.3 is 0 Å². The third-order valence-electron chi connectivity index (χ3n) is 4.67. The molecule has 31 heavy (non-hydrogen) atoms. The summed E-state index contributed by atoms with van der Waals surface area (Å²) in [5, 5.41) is 9.72. The predicted octanol–water partition coefficient (Wildman–Crippen LogP) is 6.25. The number of hydrogen-bond donors (Lipinski definition) is 2. The monoisotopic (exact) mass is 482 g/mol. The Kier molecular flexibility index (Phi) is 7.58. The van der Waals surface area contributed by atoms with Gasteiger partial charge in [-0.25, -0.2) is 0 Å². The molecular formula is C25H27BrN2O3. The van der Waals surface area contributed by atoms with E-state index in [1.807, 2.05) is 69.3 Å². The summed E-state index contributed by atoms with van der Waals surface area (Å²) in [6, 6.07) is 13.7. The van der Waals surface area contributed by atoms with Crippen molar-refractivity contribution in [2.75, 3.05) is 19.8 Å². The summed E-state index contributed by atoms with van der Waals surface area (Å²) in [6.07, 6.45) is 4.05. The maximum absolute atomic E-state index is 7.65. The lowest BCUT2D eigenvalue weighted by Gasteiger charge is -2.15. The summed E-state index contributed by atoms with van der Waals surface area (Å²) < 4.78 is 18.3. The van der Waals surface area contributed by atoms with Crippen LogP contribution in [0.4, 0.5) is 0 Å². The van der Waals surface area contributed by atoms with Gasteiger partial charge in [-0.05, 0) is 61.4 Å². The van der Waals surface area contributed by atoms with E-state index in [1.165, 1.54) is 0 Å². The van der Waals surface area contributed by atoms with Gasteiger partial charge in [0.15, 0.2) is 11.5 Å². The summed E-state index contributed by atoms with van der Waals surface area (Å²) in [4.78, 5) is 0. The van der Waals surface area contributed by atoms with Gasteiger partial charge < -0.3 is 19.9 Å². The van der Waals surface area contributed by atoms with Gasteiger partial charge in [0, 0.05) is 21.7 Å². The lowest BCUT2D eigenvalue weighted by atomic mass is 10.0. The Hall–Kier alpha value is -2.99. The number of nitrogens with two attached hydrogens (primary N) is 1. The second-order valence-corrected chi connectivity index (χ2v) is 7.68. The SMILES string of the molecule is CCOc1cc(OCC)c(OCC)cc1/C=C/c1cc(Br)c2cc(C(=N)N)ccc2c1. The van der Waals surface area contributed by atoms with Crippen molar-refractivity contribution in [2.45, 2.75) is 20.8 Å². The number of rotatable bonds is 9. The zero-order chi connectivity index (χ0) is 22.4. The van der Waals surface area contributed by atoms with Crippen LogP contribution in [-0.4, -0.2) is 25.7 Å². The van der Waals surface area contributed by atoms with Gasteiger partial charge in [-0.1, -0.05) is 40.2 Å².